The van der Waals surface area contributed by atoms with E-state index in [-0.39, 0.29) is 11.7 Å². The van der Waals surface area contributed by atoms with Crippen LogP contribution >= 0.6 is 23.2 Å². The first kappa shape index (κ1) is 17.5. The molecule has 0 aliphatic heterocycles. The highest BCUT2D eigenvalue weighted by molar-refractivity contribution is 6.35. The molecule has 1 N–H and O–H groups in total. The van der Waals surface area contributed by atoms with E-state index >= 15 is 0 Å². The number of rotatable bonds is 5. The Morgan fingerprint density at radius 1 is 1.16 bits per heavy atom. The fourth-order valence-corrected chi connectivity index (χ4v) is 2.92. The zero-order valence-corrected chi connectivity index (χ0v) is 15.1. The average Bonchev–Trinajstić information content (AvgIpc) is 2.99. The Morgan fingerprint density at radius 3 is 2.64 bits per heavy atom. The van der Waals surface area contributed by atoms with Gasteiger partial charge in [0.15, 0.2) is 0 Å². The molecule has 0 atom stereocenters. The summed E-state index contributed by atoms with van der Waals surface area (Å²) in [5, 5.41) is 8.27. The largest absolute Gasteiger partial charge is 0.349 e. The highest BCUT2D eigenvalue weighted by Crippen LogP contribution is 2.21. The van der Waals surface area contributed by atoms with Crippen LogP contribution in [0.3, 0.4) is 0 Å². The number of halogens is 2. The first-order valence-electron chi connectivity index (χ1n) is 7.76. The van der Waals surface area contributed by atoms with Gasteiger partial charge in [0.1, 0.15) is 5.82 Å². The Bertz CT molecular complexity index is 893. The maximum atomic E-state index is 12.3. The van der Waals surface area contributed by atoms with Gasteiger partial charge in [-0.2, -0.15) is 0 Å². The van der Waals surface area contributed by atoms with Crippen molar-refractivity contribution >= 4 is 29.1 Å². The lowest BCUT2D eigenvalue weighted by atomic mass is 10.1. The molecule has 0 unspecified atom stereocenters. The molecule has 0 bridgehead atoms. The first-order chi connectivity index (χ1) is 12.0. The van der Waals surface area contributed by atoms with Gasteiger partial charge in [0.05, 0.1) is 5.69 Å². The Labute approximate surface area is 155 Å². The minimum atomic E-state index is -0.317. The number of nitrogens with one attached hydrogen (secondary N) is 1. The van der Waals surface area contributed by atoms with E-state index in [4.69, 9.17) is 23.2 Å². The quantitative estimate of drug-likeness (QED) is 0.737. The number of nitrogens with zero attached hydrogens (tertiary/aromatic N) is 3. The zero-order chi connectivity index (χ0) is 17.8. The molecule has 2 aromatic carbocycles. The van der Waals surface area contributed by atoms with Gasteiger partial charge >= 0.3 is 0 Å². The molecule has 0 spiro atoms. The fourth-order valence-electron chi connectivity index (χ4n) is 2.41. The lowest BCUT2D eigenvalue weighted by Gasteiger charge is -2.05. The second-order valence-electron chi connectivity index (χ2n) is 5.47. The Kier molecular flexibility index (Phi) is 5.36. The molecule has 0 aliphatic rings. The minimum absolute atomic E-state index is 0.142. The molecule has 3 rings (SSSR count). The second kappa shape index (κ2) is 7.68. The van der Waals surface area contributed by atoms with Crippen LogP contribution in [0.5, 0.6) is 0 Å². The van der Waals surface area contributed by atoms with Crippen LogP contribution in [0.15, 0.2) is 48.5 Å². The molecule has 25 heavy (non-hydrogen) atoms. The number of aryl methyl sites for hydroxylation is 1. The summed E-state index contributed by atoms with van der Waals surface area (Å²) in [6, 6.07) is 14.9. The van der Waals surface area contributed by atoms with Crippen molar-refractivity contribution in [2.75, 3.05) is 6.54 Å². The monoisotopic (exact) mass is 374 g/mol. The third kappa shape index (κ3) is 4.18. The van der Waals surface area contributed by atoms with Crippen molar-refractivity contribution in [3.63, 3.8) is 0 Å². The molecule has 0 saturated heterocycles. The highest BCUT2D eigenvalue weighted by Gasteiger charge is 2.15. The lowest BCUT2D eigenvalue weighted by molar-refractivity contribution is 0.0944. The zero-order valence-electron chi connectivity index (χ0n) is 13.5. The third-order valence-corrected chi connectivity index (χ3v) is 4.25. The van der Waals surface area contributed by atoms with Crippen molar-refractivity contribution in [3.05, 3.63) is 75.8 Å². The van der Waals surface area contributed by atoms with Crippen LogP contribution in [0.1, 0.15) is 22.0 Å². The predicted molar refractivity (Wildman–Crippen MR) is 98.6 cm³/mol. The van der Waals surface area contributed by atoms with Crippen LogP contribution in [-0.4, -0.2) is 27.2 Å². The number of carbonyl (C=O) groups excluding carboxylic acids is 1. The van der Waals surface area contributed by atoms with Crippen molar-refractivity contribution in [1.82, 2.24) is 20.1 Å². The topological polar surface area (TPSA) is 59.8 Å². The van der Waals surface area contributed by atoms with Gasteiger partial charge in [0.25, 0.3) is 5.91 Å². The summed E-state index contributed by atoms with van der Waals surface area (Å²) in [6.45, 7) is 2.24. The lowest BCUT2D eigenvalue weighted by Crippen LogP contribution is -2.27. The van der Waals surface area contributed by atoms with Gasteiger partial charge in [-0.1, -0.05) is 47.5 Å². The van der Waals surface area contributed by atoms with Crippen molar-refractivity contribution in [1.29, 1.82) is 0 Å². The summed E-state index contributed by atoms with van der Waals surface area (Å²) in [7, 11) is 0. The molecule has 0 saturated carbocycles. The van der Waals surface area contributed by atoms with E-state index in [0.717, 1.165) is 11.3 Å². The summed E-state index contributed by atoms with van der Waals surface area (Å²) in [6.07, 6.45) is 0.597. The molecule has 0 aliphatic carbocycles. The Hall–Kier alpha value is -2.37. The van der Waals surface area contributed by atoms with E-state index in [1.54, 1.807) is 16.8 Å². The maximum Gasteiger partial charge on any atom is 0.290 e. The van der Waals surface area contributed by atoms with Crippen LogP contribution in [0.2, 0.25) is 10.0 Å². The van der Waals surface area contributed by atoms with Crippen LogP contribution in [-0.2, 0) is 6.42 Å². The molecular weight excluding hydrogens is 359 g/mol. The number of carbonyl (C=O) groups is 1. The molecule has 1 heterocycles. The van der Waals surface area contributed by atoms with Gasteiger partial charge in [-0.25, -0.2) is 9.67 Å². The molecule has 0 fully saturated rings. The summed E-state index contributed by atoms with van der Waals surface area (Å²) in [5.74, 6) is 0.475. The summed E-state index contributed by atoms with van der Waals surface area (Å²) >= 11 is 12.0. The molecule has 1 aromatic heterocycles. The number of benzene rings is 2. The van der Waals surface area contributed by atoms with Crippen molar-refractivity contribution in [2.45, 2.75) is 13.3 Å². The van der Waals surface area contributed by atoms with Gasteiger partial charge in [-0.05, 0) is 43.2 Å². The van der Waals surface area contributed by atoms with Crippen LogP contribution in [0.25, 0.3) is 5.69 Å². The number of amides is 1. The number of para-hydroxylation sites is 1. The minimum Gasteiger partial charge on any atom is -0.349 e. The maximum absolute atomic E-state index is 12.3. The summed E-state index contributed by atoms with van der Waals surface area (Å²) in [5.41, 5.74) is 1.78. The standard InChI is InChI=1S/C18H16Cl2N4O/c1-12-22-17(23-24(12)15-5-3-2-4-6-15)18(25)21-10-9-13-7-8-14(19)11-16(13)20/h2-8,11H,9-10H2,1H3,(H,21,25). The SMILES string of the molecule is Cc1nc(C(=O)NCCc2ccc(Cl)cc2Cl)nn1-c1ccccc1. The van der Waals surface area contributed by atoms with Crippen LogP contribution in [0, 0.1) is 6.92 Å². The smallest absolute Gasteiger partial charge is 0.290 e. The van der Waals surface area contributed by atoms with E-state index in [1.807, 2.05) is 43.3 Å². The molecular formula is C18H16Cl2N4O. The average molecular weight is 375 g/mol. The predicted octanol–water partition coefficient (Wildman–Crippen LogP) is 3.86. The van der Waals surface area contributed by atoms with Gasteiger partial charge in [0.2, 0.25) is 5.82 Å². The van der Waals surface area contributed by atoms with E-state index in [1.165, 1.54) is 0 Å². The van der Waals surface area contributed by atoms with E-state index < -0.39 is 0 Å². The third-order valence-electron chi connectivity index (χ3n) is 3.67. The van der Waals surface area contributed by atoms with E-state index in [9.17, 15) is 4.79 Å². The molecule has 5 nitrogen and oxygen atoms in total. The van der Waals surface area contributed by atoms with Crippen molar-refractivity contribution < 1.29 is 4.79 Å². The molecule has 128 valence electrons. The number of hydrogen-bond donors (Lipinski definition) is 1. The van der Waals surface area contributed by atoms with Crippen molar-refractivity contribution in [3.8, 4) is 5.69 Å². The van der Waals surface area contributed by atoms with Gasteiger partial charge in [-0.15, -0.1) is 5.10 Å². The first-order valence-corrected chi connectivity index (χ1v) is 8.51. The fraction of sp³-hybridized carbons (Fsp3) is 0.167. The molecule has 0 radical (unpaired) electrons. The Morgan fingerprint density at radius 2 is 1.92 bits per heavy atom. The summed E-state index contributed by atoms with van der Waals surface area (Å²) < 4.78 is 1.64. The van der Waals surface area contributed by atoms with Crippen LogP contribution < -0.4 is 5.32 Å². The van der Waals surface area contributed by atoms with Crippen LogP contribution in [0.4, 0.5) is 0 Å². The van der Waals surface area contributed by atoms with Gasteiger partial charge in [0, 0.05) is 16.6 Å². The normalized spacial score (nSPS) is 10.7. The van der Waals surface area contributed by atoms with Gasteiger partial charge < -0.3 is 5.32 Å². The number of hydrogen-bond acceptors (Lipinski definition) is 3. The molecule has 1 amide bonds. The van der Waals surface area contributed by atoms with E-state index in [2.05, 4.69) is 15.4 Å². The summed E-state index contributed by atoms with van der Waals surface area (Å²) in [4.78, 5) is 16.5. The molecule has 7 heteroatoms. The second-order valence-corrected chi connectivity index (χ2v) is 6.32. The van der Waals surface area contributed by atoms with Crippen molar-refractivity contribution in [2.24, 2.45) is 0 Å². The highest BCUT2D eigenvalue weighted by atomic mass is 35.5. The number of aromatic nitrogens is 3. The van der Waals surface area contributed by atoms with Gasteiger partial charge in [-0.3, -0.25) is 4.79 Å². The molecule has 3 aromatic rings. The van der Waals surface area contributed by atoms with E-state index in [0.29, 0.717) is 28.8 Å². The Balaban J connectivity index is 1.64.